The van der Waals surface area contributed by atoms with Crippen molar-refractivity contribution in [2.45, 2.75) is 53.0 Å². The van der Waals surface area contributed by atoms with Crippen LogP contribution >= 0.6 is 0 Å². The summed E-state index contributed by atoms with van der Waals surface area (Å²) in [5, 5.41) is 3.49. The van der Waals surface area contributed by atoms with Crippen LogP contribution in [0.3, 0.4) is 0 Å². The summed E-state index contributed by atoms with van der Waals surface area (Å²) in [5.74, 6) is 1.28. The maximum Gasteiger partial charge on any atom is 0.144 e. The van der Waals surface area contributed by atoms with E-state index in [1.54, 1.807) is 12.4 Å². The number of nitrogen functional groups attached to an aromatic ring is 1. The van der Waals surface area contributed by atoms with Crippen molar-refractivity contribution in [2.75, 3.05) is 11.1 Å². The molecular formula is C14H24N4. The van der Waals surface area contributed by atoms with Crippen LogP contribution in [0.15, 0.2) is 12.4 Å². The molecule has 0 aromatic carbocycles. The zero-order valence-electron chi connectivity index (χ0n) is 11.8. The van der Waals surface area contributed by atoms with Crippen molar-refractivity contribution in [3.63, 3.8) is 0 Å². The molecule has 4 heteroatoms. The quantitative estimate of drug-likeness (QED) is 0.844. The van der Waals surface area contributed by atoms with Gasteiger partial charge in [-0.1, -0.05) is 27.7 Å². The molecule has 4 nitrogen and oxygen atoms in total. The molecule has 2 rings (SSSR count). The summed E-state index contributed by atoms with van der Waals surface area (Å²) in [6.45, 7) is 9.38. The largest absolute Gasteiger partial charge is 0.382 e. The first-order valence-corrected chi connectivity index (χ1v) is 6.60. The highest BCUT2D eigenvalue weighted by atomic mass is 15.0. The van der Waals surface area contributed by atoms with E-state index in [4.69, 9.17) is 5.73 Å². The number of hydrogen-bond acceptors (Lipinski definition) is 4. The van der Waals surface area contributed by atoms with Gasteiger partial charge in [0, 0.05) is 6.04 Å². The highest BCUT2D eigenvalue weighted by molar-refractivity contribution is 5.37. The van der Waals surface area contributed by atoms with Crippen LogP contribution in [-0.4, -0.2) is 16.0 Å². The minimum atomic E-state index is 0.376. The number of nitrogens with zero attached hydrogens (tertiary/aromatic N) is 2. The van der Waals surface area contributed by atoms with Crippen LogP contribution in [0.5, 0.6) is 0 Å². The number of nitrogens with one attached hydrogen (secondary N) is 1. The molecule has 0 atom stereocenters. The minimum absolute atomic E-state index is 0.376. The Morgan fingerprint density at radius 3 is 2.22 bits per heavy atom. The molecular weight excluding hydrogens is 224 g/mol. The maximum absolute atomic E-state index is 5.54. The van der Waals surface area contributed by atoms with Gasteiger partial charge in [0.05, 0.1) is 12.4 Å². The van der Waals surface area contributed by atoms with E-state index < -0.39 is 0 Å². The predicted octanol–water partition coefficient (Wildman–Crippen LogP) is 3.08. The van der Waals surface area contributed by atoms with Gasteiger partial charge in [0.15, 0.2) is 0 Å². The topological polar surface area (TPSA) is 63.8 Å². The van der Waals surface area contributed by atoms with Crippen LogP contribution in [0.1, 0.15) is 47.0 Å². The minimum Gasteiger partial charge on any atom is -0.382 e. The summed E-state index contributed by atoms with van der Waals surface area (Å²) in [4.78, 5) is 8.34. The predicted molar refractivity (Wildman–Crippen MR) is 75.3 cm³/mol. The lowest BCUT2D eigenvalue weighted by Crippen LogP contribution is -2.40. The van der Waals surface area contributed by atoms with Crippen LogP contribution < -0.4 is 11.1 Å². The van der Waals surface area contributed by atoms with Gasteiger partial charge in [-0.15, -0.1) is 0 Å². The Morgan fingerprint density at radius 1 is 1.11 bits per heavy atom. The fourth-order valence-corrected chi connectivity index (χ4v) is 3.57. The van der Waals surface area contributed by atoms with Crippen LogP contribution in [-0.2, 0) is 0 Å². The van der Waals surface area contributed by atoms with Gasteiger partial charge in [0.1, 0.15) is 11.6 Å². The summed E-state index contributed by atoms with van der Waals surface area (Å²) in [7, 11) is 0. The van der Waals surface area contributed by atoms with Crippen molar-refractivity contribution in [1.29, 1.82) is 0 Å². The third-order valence-electron chi connectivity index (χ3n) is 3.58. The molecule has 1 aliphatic rings. The molecule has 3 N–H and O–H groups in total. The van der Waals surface area contributed by atoms with Crippen LogP contribution in [0.25, 0.3) is 0 Å². The van der Waals surface area contributed by atoms with E-state index >= 15 is 0 Å². The van der Waals surface area contributed by atoms with Gasteiger partial charge in [-0.2, -0.15) is 0 Å². The molecule has 0 radical (unpaired) electrons. The van der Waals surface area contributed by atoms with Gasteiger partial charge >= 0.3 is 0 Å². The first-order valence-electron chi connectivity index (χ1n) is 6.60. The zero-order valence-corrected chi connectivity index (χ0v) is 11.8. The lowest BCUT2D eigenvalue weighted by atomic mass is 9.63. The second-order valence-electron chi connectivity index (χ2n) is 7.08. The smallest absolute Gasteiger partial charge is 0.144 e. The van der Waals surface area contributed by atoms with Crippen molar-refractivity contribution in [3.8, 4) is 0 Å². The molecule has 1 aromatic heterocycles. The van der Waals surface area contributed by atoms with E-state index in [0.717, 1.165) is 5.82 Å². The standard InChI is InChI=1S/C14H24N4/c1-13(2)5-10(6-14(3,4)9-13)18-12-8-16-11(15)7-17-12/h7-8,10H,5-6,9H2,1-4H3,(H2,15,16)(H,17,18). The molecule has 18 heavy (non-hydrogen) atoms. The molecule has 1 aromatic rings. The van der Waals surface area contributed by atoms with E-state index in [1.807, 2.05) is 0 Å². The van der Waals surface area contributed by atoms with E-state index in [9.17, 15) is 0 Å². The Labute approximate surface area is 109 Å². The summed E-state index contributed by atoms with van der Waals surface area (Å²) in [6, 6.07) is 0.460. The van der Waals surface area contributed by atoms with Gasteiger partial charge in [0.2, 0.25) is 0 Å². The van der Waals surface area contributed by atoms with Crippen molar-refractivity contribution < 1.29 is 0 Å². The average molecular weight is 248 g/mol. The number of hydrogen-bond donors (Lipinski definition) is 2. The summed E-state index contributed by atoms with van der Waals surface area (Å²) in [6.07, 6.45) is 6.92. The van der Waals surface area contributed by atoms with Gasteiger partial charge < -0.3 is 11.1 Å². The van der Waals surface area contributed by atoms with Crippen molar-refractivity contribution in [1.82, 2.24) is 9.97 Å². The lowest BCUT2D eigenvalue weighted by Gasteiger charge is -2.45. The van der Waals surface area contributed by atoms with Gasteiger partial charge in [-0.05, 0) is 30.1 Å². The molecule has 0 amide bonds. The Balaban J connectivity index is 2.07. The molecule has 100 valence electrons. The Kier molecular flexibility index (Phi) is 3.21. The molecule has 1 fully saturated rings. The fraction of sp³-hybridized carbons (Fsp3) is 0.714. The monoisotopic (exact) mass is 248 g/mol. The molecule has 0 aliphatic heterocycles. The summed E-state index contributed by atoms with van der Waals surface area (Å²) >= 11 is 0. The van der Waals surface area contributed by atoms with Gasteiger partial charge in [-0.25, -0.2) is 9.97 Å². The first-order chi connectivity index (χ1) is 8.26. The molecule has 0 bridgehead atoms. The zero-order chi connectivity index (χ0) is 13.4. The van der Waals surface area contributed by atoms with Crippen molar-refractivity contribution in [2.24, 2.45) is 10.8 Å². The molecule has 1 aliphatic carbocycles. The third-order valence-corrected chi connectivity index (χ3v) is 3.58. The lowest BCUT2D eigenvalue weighted by molar-refractivity contribution is 0.105. The van der Waals surface area contributed by atoms with E-state index in [0.29, 0.717) is 22.7 Å². The second-order valence-corrected chi connectivity index (χ2v) is 7.08. The van der Waals surface area contributed by atoms with Crippen molar-refractivity contribution in [3.05, 3.63) is 12.4 Å². The van der Waals surface area contributed by atoms with Crippen LogP contribution in [0, 0.1) is 10.8 Å². The fourth-order valence-electron chi connectivity index (χ4n) is 3.57. The first kappa shape index (κ1) is 13.1. The highest BCUT2D eigenvalue weighted by Crippen LogP contribution is 2.46. The Morgan fingerprint density at radius 2 is 1.72 bits per heavy atom. The number of aromatic nitrogens is 2. The summed E-state index contributed by atoms with van der Waals surface area (Å²) in [5.41, 5.74) is 6.30. The van der Waals surface area contributed by atoms with E-state index in [1.165, 1.54) is 19.3 Å². The van der Waals surface area contributed by atoms with E-state index in [2.05, 4.69) is 43.0 Å². The van der Waals surface area contributed by atoms with Crippen LogP contribution in [0.2, 0.25) is 0 Å². The SMILES string of the molecule is CC1(C)CC(Nc2cnc(N)cn2)CC(C)(C)C1. The normalized spacial score (nSPS) is 22.7. The maximum atomic E-state index is 5.54. The van der Waals surface area contributed by atoms with Gasteiger partial charge in [0.25, 0.3) is 0 Å². The third kappa shape index (κ3) is 3.34. The second kappa shape index (κ2) is 4.41. The number of anilines is 2. The Hall–Kier alpha value is -1.32. The molecule has 0 unspecified atom stereocenters. The summed E-state index contributed by atoms with van der Waals surface area (Å²) < 4.78 is 0. The Bertz CT molecular complexity index is 392. The van der Waals surface area contributed by atoms with Crippen LogP contribution in [0.4, 0.5) is 11.6 Å². The molecule has 0 saturated heterocycles. The molecule has 1 saturated carbocycles. The van der Waals surface area contributed by atoms with Crippen molar-refractivity contribution >= 4 is 11.6 Å². The van der Waals surface area contributed by atoms with E-state index in [-0.39, 0.29) is 0 Å². The molecule has 0 spiro atoms. The molecule has 1 heterocycles. The highest BCUT2D eigenvalue weighted by Gasteiger charge is 2.38. The average Bonchev–Trinajstić information content (AvgIpc) is 2.16. The number of nitrogens with two attached hydrogens (primary N) is 1. The number of rotatable bonds is 2. The van der Waals surface area contributed by atoms with Gasteiger partial charge in [-0.3, -0.25) is 0 Å².